The number of pyridine rings is 2. The molecule has 15 heavy (non-hydrogen) atoms. The van der Waals surface area contributed by atoms with Crippen LogP contribution in [0, 0.1) is 0 Å². The summed E-state index contributed by atoms with van der Waals surface area (Å²) in [6, 6.07) is 7.76. The second kappa shape index (κ2) is 4.73. The summed E-state index contributed by atoms with van der Waals surface area (Å²) in [5.41, 5.74) is 2.89. The predicted molar refractivity (Wildman–Crippen MR) is 65.1 cm³/mol. The van der Waals surface area contributed by atoms with Gasteiger partial charge in [-0.15, -0.1) is 0 Å². The molecule has 0 atom stereocenters. The van der Waals surface area contributed by atoms with Crippen LogP contribution in [0.2, 0.25) is 5.15 Å². The van der Waals surface area contributed by atoms with E-state index >= 15 is 0 Å². The lowest BCUT2D eigenvalue weighted by atomic mass is 10.1. The van der Waals surface area contributed by atoms with Crippen molar-refractivity contribution >= 4 is 27.5 Å². The van der Waals surface area contributed by atoms with Gasteiger partial charge in [0.1, 0.15) is 5.15 Å². The summed E-state index contributed by atoms with van der Waals surface area (Å²) in [7, 11) is 0. The minimum Gasteiger partial charge on any atom is -0.265 e. The lowest BCUT2D eigenvalue weighted by Gasteiger charge is -2.04. The van der Waals surface area contributed by atoms with Gasteiger partial charge < -0.3 is 0 Å². The maximum atomic E-state index is 6.09. The van der Waals surface area contributed by atoms with Crippen LogP contribution in [-0.4, -0.2) is 9.97 Å². The van der Waals surface area contributed by atoms with Crippen LogP contribution in [0.25, 0.3) is 11.1 Å². The predicted octanol–water partition coefficient (Wildman–Crippen LogP) is 3.69. The van der Waals surface area contributed by atoms with Crippen LogP contribution in [0.1, 0.15) is 5.69 Å². The first-order valence-corrected chi connectivity index (χ1v) is 5.93. The highest BCUT2D eigenvalue weighted by molar-refractivity contribution is 9.08. The number of hydrogen-bond donors (Lipinski definition) is 0. The second-order valence-corrected chi connectivity index (χ2v) is 3.93. The van der Waals surface area contributed by atoms with Gasteiger partial charge >= 0.3 is 0 Å². The first-order chi connectivity index (χ1) is 7.31. The SMILES string of the molecule is Clc1nc(CBr)ccc1-c1ccncc1. The molecule has 0 unspecified atom stereocenters. The number of nitrogens with zero attached hydrogens (tertiary/aromatic N) is 2. The average molecular weight is 284 g/mol. The topological polar surface area (TPSA) is 25.8 Å². The summed E-state index contributed by atoms with van der Waals surface area (Å²) in [5.74, 6) is 0. The Morgan fingerprint density at radius 3 is 2.47 bits per heavy atom. The Kier molecular flexibility index (Phi) is 3.34. The molecule has 0 saturated heterocycles. The lowest BCUT2D eigenvalue weighted by Crippen LogP contribution is -1.88. The molecule has 2 rings (SSSR count). The van der Waals surface area contributed by atoms with Crippen LogP contribution in [0.5, 0.6) is 0 Å². The summed E-state index contributed by atoms with van der Waals surface area (Å²) in [6.45, 7) is 0. The largest absolute Gasteiger partial charge is 0.265 e. The van der Waals surface area contributed by atoms with Gasteiger partial charge in [0, 0.05) is 23.3 Å². The van der Waals surface area contributed by atoms with E-state index in [0.717, 1.165) is 16.8 Å². The summed E-state index contributed by atoms with van der Waals surface area (Å²) < 4.78 is 0. The molecule has 0 bridgehead atoms. The highest BCUT2D eigenvalue weighted by Crippen LogP contribution is 2.26. The molecule has 0 aromatic carbocycles. The third kappa shape index (κ3) is 2.36. The molecule has 0 aliphatic heterocycles. The van der Waals surface area contributed by atoms with Gasteiger partial charge in [0.15, 0.2) is 0 Å². The van der Waals surface area contributed by atoms with E-state index in [1.165, 1.54) is 0 Å². The van der Waals surface area contributed by atoms with Gasteiger partial charge in [-0.25, -0.2) is 4.98 Å². The van der Waals surface area contributed by atoms with E-state index in [1.54, 1.807) is 12.4 Å². The number of halogens is 2. The van der Waals surface area contributed by atoms with Crippen molar-refractivity contribution in [2.75, 3.05) is 0 Å². The Labute approximate surface area is 101 Å². The average Bonchev–Trinajstić information content (AvgIpc) is 2.30. The van der Waals surface area contributed by atoms with Gasteiger partial charge in [-0.05, 0) is 29.8 Å². The van der Waals surface area contributed by atoms with Crippen molar-refractivity contribution < 1.29 is 0 Å². The van der Waals surface area contributed by atoms with Crippen molar-refractivity contribution in [1.29, 1.82) is 0 Å². The minimum absolute atomic E-state index is 0.526. The molecule has 0 radical (unpaired) electrons. The van der Waals surface area contributed by atoms with E-state index in [9.17, 15) is 0 Å². The van der Waals surface area contributed by atoms with Gasteiger partial charge in [0.05, 0.1) is 5.69 Å². The maximum Gasteiger partial charge on any atom is 0.137 e. The highest BCUT2D eigenvalue weighted by atomic mass is 79.9. The fourth-order valence-electron chi connectivity index (χ4n) is 1.29. The first kappa shape index (κ1) is 10.6. The van der Waals surface area contributed by atoms with Crippen molar-refractivity contribution in [3.63, 3.8) is 0 Å². The Balaban J connectivity index is 2.46. The monoisotopic (exact) mass is 282 g/mol. The molecule has 2 aromatic rings. The molecule has 0 aliphatic carbocycles. The van der Waals surface area contributed by atoms with Crippen molar-refractivity contribution in [1.82, 2.24) is 9.97 Å². The quantitative estimate of drug-likeness (QED) is 0.620. The van der Waals surface area contributed by atoms with Gasteiger partial charge in [0.2, 0.25) is 0 Å². The molecule has 0 spiro atoms. The summed E-state index contributed by atoms with van der Waals surface area (Å²) in [4.78, 5) is 8.23. The number of aromatic nitrogens is 2. The highest BCUT2D eigenvalue weighted by Gasteiger charge is 2.04. The maximum absolute atomic E-state index is 6.09. The molecular weight excluding hydrogens is 275 g/mol. The smallest absolute Gasteiger partial charge is 0.137 e. The van der Waals surface area contributed by atoms with Crippen molar-refractivity contribution in [3.05, 3.63) is 47.5 Å². The van der Waals surface area contributed by atoms with Crippen LogP contribution in [0.3, 0.4) is 0 Å². The molecule has 4 heteroatoms. The van der Waals surface area contributed by atoms with Crippen LogP contribution in [0.15, 0.2) is 36.7 Å². The van der Waals surface area contributed by atoms with Crippen LogP contribution in [0.4, 0.5) is 0 Å². The van der Waals surface area contributed by atoms with E-state index in [0.29, 0.717) is 10.5 Å². The third-order valence-corrected chi connectivity index (χ3v) is 2.90. The van der Waals surface area contributed by atoms with Crippen molar-refractivity contribution in [2.24, 2.45) is 0 Å². The van der Waals surface area contributed by atoms with Crippen molar-refractivity contribution in [3.8, 4) is 11.1 Å². The zero-order valence-corrected chi connectivity index (χ0v) is 10.2. The van der Waals surface area contributed by atoms with Gasteiger partial charge in [0.25, 0.3) is 0 Å². The molecule has 0 N–H and O–H groups in total. The second-order valence-electron chi connectivity index (χ2n) is 3.01. The van der Waals surface area contributed by atoms with Crippen molar-refractivity contribution in [2.45, 2.75) is 5.33 Å². The first-order valence-electron chi connectivity index (χ1n) is 4.43. The van der Waals surface area contributed by atoms with E-state index in [4.69, 9.17) is 11.6 Å². The zero-order valence-electron chi connectivity index (χ0n) is 7.82. The fourth-order valence-corrected chi connectivity index (χ4v) is 1.89. The number of alkyl halides is 1. The molecule has 0 aliphatic rings. The minimum atomic E-state index is 0.526. The zero-order chi connectivity index (χ0) is 10.7. The van der Waals surface area contributed by atoms with Gasteiger partial charge in [-0.1, -0.05) is 27.5 Å². The van der Waals surface area contributed by atoms with E-state index < -0.39 is 0 Å². The van der Waals surface area contributed by atoms with E-state index in [2.05, 4.69) is 25.9 Å². The number of rotatable bonds is 2. The van der Waals surface area contributed by atoms with E-state index in [-0.39, 0.29) is 0 Å². The van der Waals surface area contributed by atoms with Gasteiger partial charge in [-0.3, -0.25) is 4.98 Å². The normalized spacial score (nSPS) is 10.3. The van der Waals surface area contributed by atoms with Gasteiger partial charge in [-0.2, -0.15) is 0 Å². The fraction of sp³-hybridized carbons (Fsp3) is 0.0909. The molecule has 76 valence electrons. The lowest BCUT2D eigenvalue weighted by molar-refractivity contribution is 1.19. The molecule has 0 amide bonds. The number of hydrogen-bond acceptors (Lipinski definition) is 2. The Hall–Kier alpha value is -0.930. The Morgan fingerprint density at radius 1 is 1.13 bits per heavy atom. The van der Waals surface area contributed by atoms with Crippen LogP contribution >= 0.6 is 27.5 Å². The Morgan fingerprint density at radius 2 is 1.87 bits per heavy atom. The Bertz CT molecular complexity index is 459. The molecule has 2 aromatic heterocycles. The third-order valence-electron chi connectivity index (χ3n) is 2.03. The molecular formula is C11H8BrClN2. The van der Waals surface area contributed by atoms with E-state index in [1.807, 2.05) is 24.3 Å². The summed E-state index contributed by atoms with van der Waals surface area (Å²) in [6.07, 6.45) is 3.48. The van der Waals surface area contributed by atoms with Crippen LogP contribution < -0.4 is 0 Å². The summed E-state index contributed by atoms with van der Waals surface area (Å²) >= 11 is 9.43. The summed E-state index contributed by atoms with van der Waals surface area (Å²) in [5, 5.41) is 1.24. The van der Waals surface area contributed by atoms with Crippen LogP contribution in [-0.2, 0) is 5.33 Å². The molecule has 0 saturated carbocycles. The molecule has 2 nitrogen and oxygen atoms in total. The molecule has 0 fully saturated rings. The molecule has 2 heterocycles. The standard InChI is InChI=1S/C11H8BrClN2/c12-7-9-1-2-10(11(13)15-9)8-3-5-14-6-4-8/h1-6H,7H2.